The van der Waals surface area contributed by atoms with Crippen LogP contribution >= 0.6 is 0 Å². The normalized spacial score (nSPS) is 10.4. The zero-order valence-corrected chi connectivity index (χ0v) is 6.34. The summed E-state index contributed by atoms with van der Waals surface area (Å²) in [5.41, 5.74) is 0. The molecular weight excluding hydrogens is 146 g/mol. The SMILES string of the molecule is CN(C)C.O=S(=O)([O-])O. The van der Waals surface area contributed by atoms with Crippen LogP contribution in [0.5, 0.6) is 0 Å². The molecule has 9 heavy (non-hydrogen) atoms. The fourth-order valence-corrected chi connectivity index (χ4v) is 0. The zero-order valence-electron chi connectivity index (χ0n) is 5.53. The highest BCUT2D eigenvalue weighted by atomic mass is 32.3. The molecule has 0 aromatic rings. The molecule has 0 saturated heterocycles. The van der Waals surface area contributed by atoms with E-state index in [0.717, 1.165) is 0 Å². The largest absolute Gasteiger partial charge is 0.726 e. The van der Waals surface area contributed by atoms with Gasteiger partial charge in [0.05, 0.1) is 0 Å². The monoisotopic (exact) mass is 156 g/mol. The van der Waals surface area contributed by atoms with Gasteiger partial charge in [0.2, 0.25) is 10.4 Å². The van der Waals surface area contributed by atoms with Gasteiger partial charge in [0, 0.05) is 0 Å². The lowest BCUT2D eigenvalue weighted by molar-refractivity contribution is 0.366. The minimum atomic E-state index is -4.92. The van der Waals surface area contributed by atoms with E-state index in [1.807, 2.05) is 26.0 Å². The topological polar surface area (TPSA) is 80.7 Å². The molecule has 0 aliphatic heterocycles. The van der Waals surface area contributed by atoms with Gasteiger partial charge in [-0.3, -0.25) is 4.55 Å². The third kappa shape index (κ3) is 9210. The van der Waals surface area contributed by atoms with Crippen molar-refractivity contribution in [2.24, 2.45) is 0 Å². The van der Waals surface area contributed by atoms with Crippen molar-refractivity contribution in [2.75, 3.05) is 21.1 Å². The molecule has 0 rings (SSSR count). The predicted octanol–water partition coefficient (Wildman–Crippen LogP) is -0.818. The number of rotatable bonds is 0. The van der Waals surface area contributed by atoms with E-state index in [2.05, 4.69) is 0 Å². The molecule has 0 atom stereocenters. The molecule has 0 amide bonds. The van der Waals surface area contributed by atoms with Gasteiger partial charge in [0.15, 0.2) is 0 Å². The van der Waals surface area contributed by atoms with Gasteiger partial charge in [-0.25, -0.2) is 8.42 Å². The van der Waals surface area contributed by atoms with Crippen LogP contribution in [0.15, 0.2) is 0 Å². The van der Waals surface area contributed by atoms with Gasteiger partial charge in [-0.05, 0) is 21.1 Å². The Bertz CT molecular complexity index is 127. The van der Waals surface area contributed by atoms with E-state index in [1.54, 1.807) is 0 Å². The van der Waals surface area contributed by atoms with Crippen LogP contribution in [-0.4, -0.2) is 43.6 Å². The van der Waals surface area contributed by atoms with E-state index in [9.17, 15) is 0 Å². The zero-order chi connectivity index (χ0) is 8.08. The average molecular weight is 156 g/mol. The van der Waals surface area contributed by atoms with Crippen molar-refractivity contribution < 1.29 is 17.5 Å². The van der Waals surface area contributed by atoms with Gasteiger partial charge >= 0.3 is 0 Å². The van der Waals surface area contributed by atoms with Crippen molar-refractivity contribution in [3.8, 4) is 0 Å². The van der Waals surface area contributed by atoms with Gasteiger partial charge in [-0.1, -0.05) is 0 Å². The van der Waals surface area contributed by atoms with E-state index in [0.29, 0.717) is 0 Å². The summed E-state index contributed by atoms with van der Waals surface area (Å²) in [5, 5.41) is 0. The molecule has 0 unspecified atom stereocenters. The van der Waals surface area contributed by atoms with Crippen LogP contribution < -0.4 is 0 Å². The van der Waals surface area contributed by atoms with Crippen LogP contribution in [0.2, 0.25) is 0 Å². The minimum absolute atomic E-state index is 2.00. The Labute approximate surface area is 54.9 Å². The van der Waals surface area contributed by atoms with Gasteiger partial charge in [-0.15, -0.1) is 0 Å². The summed E-state index contributed by atoms with van der Waals surface area (Å²) >= 11 is 0. The van der Waals surface area contributed by atoms with Gasteiger partial charge in [0.25, 0.3) is 0 Å². The Morgan fingerprint density at radius 3 is 1.33 bits per heavy atom. The molecule has 0 radical (unpaired) electrons. The molecule has 0 bridgehead atoms. The lowest BCUT2D eigenvalue weighted by Crippen LogP contribution is -1.99. The average Bonchev–Trinajstić information content (AvgIpc) is 1.19. The van der Waals surface area contributed by atoms with Crippen molar-refractivity contribution in [3.63, 3.8) is 0 Å². The molecule has 0 spiro atoms. The molecule has 6 heteroatoms. The van der Waals surface area contributed by atoms with Crippen LogP contribution in [0.1, 0.15) is 0 Å². The summed E-state index contributed by atoms with van der Waals surface area (Å²) in [6.45, 7) is 0. The Morgan fingerprint density at radius 2 is 1.33 bits per heavy atom. The summed E-state index contributed by atoms with van der Waals surface area (Å²) in [7, 11) is 1.08. The van der Waals surface area contributed by atoms with Crippen molar-refractivity contribution in [1.29, 1.82) is 0 Å². The third-order valence-corrected chi connectivity index (χ3v) is 0. The molecule has 0 saturated carbocycles. The standard InChI is InChI=1S/C3H9N.H2O4S/c1-4(2)3;1-5(2,3)4/h1-3H3;(H2,1,2,3,4)/p-1. The summed E-state index contributed by atoms with van der Waals surface area (Å²) in [6.07, 6.45) is 0. The Balaban J connectivity index is 0. The summed E-state index contributed by atoms with van der Waals surface area (Å²) in [5.74, 6) is 0. The first-order valence-corrected chi connectivity index (χ1v) is 3.39. The smallest absolute Gasteiger partial charge is 0.215 e. The molecule has 58 valence electrons. The lowest BCUT2D eigenvalue weighted by atomic mass is 11.0. The second-order valence-electron chi connectivity index (χ2n) is 1.77. The molecule has 0 aliphatic carbocycles. The predicted molar refractivity (Wildman–Crippen MR) is 31.9 cm³/mol. The van der Waals surface area contributed by atoms with Gasteiger partial charge < -0.3 is 9.45 Å². The fraction of sp³-hybridized carbons (Fsp3) is 1.00. The summed E-state index contributed by atoms with van der Waals surface area (Å²) in [6, 6.07) is 0. The first-order chi connectivity index (χ1) is 3.73. The number of hydrogen-bond acceptors (Lipinski definition) is 4. The second-order valence-corrected chi connectivity index (χ2v) is 2.62. The highest BCUT2D eigenvalue weighted by Gasteiger charge is 1.67. The molecular formula is C3H10NO4S-. The van der Waals surface area contributed by atoms with Crippen molar-refractivity contribution in [2.45, 2.75) is 0 Å². The Morgan fingerprint density at radius 1 is 1.33 bits per heavy atom. The minimum Gasteiger partial charge on any atom is -0.726 e. The highest BCUT2D eigenvalue weighted by Crippen LogP contribution is 1.58. The maximum atomic E-state index is 8.63. The van der Waals surface area contributed by atoms with Crippen molar-refractivity contribution >= 4 is 10.4 Å². The fourth-order valence-electron chi connectivity index (χ4n) is 0. The molecule has 1 N–H and O–H groups in total. The second kappa shape index (κ2) is 4.68. The Hall–Kier alpha value is -0.170. The van der Waals surface area contributed by atoms with E-state index in [-0.39, 0.29) is 0 Å². The molecule has 0 aliphatic rings. The van der Waals surface area contributed by atoms with E-state index in [4.69, 9.17) is 17.5 Å². The van der Waals surface area contributed by atoms with Crippen molar-refractivity contribution in [3.05, 3.63) is 0 Å². The molecule has 0 aromatic heterocycles. The van der Waals surface area contributed by atoms with E-state index >= 15 is 0 Å². The van der Waals surface area contributed by atoms with Crippen LogP contribution in [-0.2, 0) is 10.4 Å². The van der Waals surface area contributed by atoms with E-state index in [1.165, 1.54) is 0 Å². The van der Waals surface area contributed by atoms with Gasteiger partial charge in [-0.2, -0.15) is 0 Å². The molecule has 5 nitrogen and oxygen atoms in total. The summed E-state index contributed by atoms with van der Waals surface area (Å²) < 4.78 is 32.8. The first-order valence-electron chi connectivity index (χ1n) is 2.02. The first kappa shape index (κ1) is 11.6. The maximum Gasteiger partial charge on any atom is 0.215 e. The molecule has 0 fully saturated rings. The van der Waals surface area contributed by atoms with Crippen LogP contribution in [0.25, 0.3) is 0 Å². The van der Waals surface area contributed by atoms with Gasteiger partial charge in [0.1, 0.15) is 0 Å². The number of hydrogen-bond donors (Lipinski definition) is 1. The van der Waals surface area contributed by atoms with Crippen LogP contribution in [0.3, 0.4) is 0 Å². The van der Waals surface area contributed by atoms with Crippen molar-refractivity contribution in [1.82, 2.24) is 4.90 Å². The van der Waals surface area contributed by atoms with Crippen LogP contribution in [0.4, 0.5) is 0 Å². The molecule has 0 aromatic carbocycles. The highest BCUT2D eigenvalue weighted by molar-refractivity contribution is 7.79. The quantitative estimate of drug-likeness (QED) is 0.366. The number of nitrogens with zero attached hydrogens (tertiary/aromatic N) is 1. The lowest BCUT2D eigenvalue weighted by Gasteiger charge is -1.90. The summed E-state index contributed by atoms with van der Waals surface area (Å²) in [4.78, 5) is 2.00. The molecule has 0 heterocycles. The van der Waals surface area contributed by atoms with Crippen LogP contribution in [0, 0.1) is 0 Å². The van der Waals surface area contributed by atoms with E-state index < -0.39 is 10.4 Å². The maximum absolute atomic E-state index is 8.63. The Kier molecular flexibility index (Phi) is 6.04. The third-order valence-electron chi connectivity index (χ3n) is 0.